The van der Waals surface area contributed by atoms with E-state index in [1.54, 1.807) is 0 Å². The summed E-state index contributed by atoms with van der Waals surface area (Å²) in [6.07, 6.45) is 1.84. The highest BCUT2D eigenvalue weighted by Crippen LogP contribution is 2.24. The Kier molecular flexibility index (Phi) is 4.45. The van der Waals surface area contributed by atoms with E-state index >= 15 is 0 Å². The van der Waals surface area contributed by atoms with Gasteiger partial charge < -0.3 is 21.9 Å². The van der Waals surface area contributed by atoms with E-state index in [9.17, 15) is 14.4 Å². The third-order valence-electron chi connectivity index (χ3n) is 2.93. The van der Waals surface area contributed by atoms with Crippen molar-refractivity contribution in [3.63, 3.8) is 0 Å². The maximum absolute atomic E-state index is 11.7. The van der Waals surface area contributed by atoms with Crippen molar-refractivity contribution < 1.29 is 19.5 Å². The van der Waals surface area contributed by atoms with Crippen molar-refractivity contribution >= 4 is 17.8 Å². The summed E-state index contributed by atoms with van der Waals surface area (Å²) in [6, 6.07) is -1.51. The van der Waals surface area contributed by atoms with Crippen LogP contribution in [0.2, 0.25) is 0 Å². The zero-order valence-corrected chi connectivity index (χ0v) is 9.39. The van der Waals surface area contributed by atoms with Crippen molar-refractivity contribution in [3.05, 3.63) is 0 Å². The maximum atomic E-state index is 11.7. The molecule has 0 aromatic heterocycles. The van der Waals surface area contributed by atoms with Gasteiger partial charge >= 0.3 is 5.97 Å². The monoisotopic (exact) mass is 243 g/mol. The molecule has 17 heavy (non-hydrogen) atoms. The van der Waals surface area contributed by atoms with E-state index in [0.29, 0.717) is 6.42 Å². The van der Waals surface area contributed by atoms with E-state index in [2.05, 4.69) is 5.32 Å². The molecule has 0 radical (unpaired) electrons. The van der Waals surface area contributed by atoms with Gasteiger partial charge in [-0.05, 0) is 12.8 Å². The third kappa shape index (κ3) is 3.70. The van der Waals surface area contributed by atoms with Crippen LogP contribution in [-0.4, -0.2) is 35.0 Å². The highest BCUT2D eigenvalue weighted by Gasteiger charge is 2.33. The SMILES string of the molecule is NC(=O)C[C@@H](NC(=O)C1CCCC1N)C(=O)O. The number of hydrogen-bond acceptors (Lipinski definition) is 4. The minimum Gasteiger partial charge on any atom is -0.480 e. The lowest BCUT2D eigenvalue weighted by Gasteiger charge is -2.18. The minimum absolute atomic E-state index is 0.238. The molecule has 7 heteroatoms. The Bertz CT molecular complexity index is 332. The molecule has 7 nitrogen and oxygen atoms in total. The fraction of sp³-hybridized carbons (Fsp3) is 0.700. The lowest BCUT2D eigenvalue weighted by atomic mass is 10.0. The number of carboxylic acids is 1. The summed E-state index contributed by atoms with van der Waals surface area (Å²) in [7, 11) is 0. The van der Waals surface area contributed by atoms with Gasteiger partial charge in [0, 0.05) is 6.04 Å². The Balaban J connectivity index is 2.57. The fourth-order valence-electron chi connectivity index (χ4n) is 1.99. The average Bonchev–Trinajstić information content (AvgIpc) is 2.62. The topological polar surface area (TPSA) is 136 Å². The molecule has 3 atom stereocenters. The van der Waals surface area contributed by atoms with Gasteiger partial charge in [-0.15, -0.1) is 0 Å². The number of carbonyl (C=O) groups excluding carboxylic acids is 2. The quantitative estimate of drug-likeness (QED) is 0.469. The molecule has 0 aromatic carbocycles. The first-order valence-electron chi connectivity index (χ1n) is 5.49. The number of amides is 2. The summed E-state index contributed by atoms with van der Waals surface area (Å²) in [6.45, 7) is 0. The van der Waals surface area contributed by atoms with Crippen molar-refractivity contribution in [2.45, 2.75) is 37.8 Å². The molecule has 1 aliphatic carbocycles. The largest absolute Gasteiger partial charge is 0.480 e. The predicted molar refractivity (Wildman–Crippen MR) is 58.7 cm³/mol. The summed E-state index contributed by atoms with van der Waals surface area (Å²) >= 11 is 0. The molecular formula is C10H17N3O4. The lowest BCUT2D eigenvalue weighted by Crippen LogP contribution is -2.48. The van der Waals surface area contributed by atoms with Crippen LogP contribution in [0.3, 0.4) is 0 Å². The molecule has 0 aliphatic heterocycles. The van der Waals surface area contributed by atoms with Crippen LogP contribution >= 0.6 is 0 Å². The van der Waals surface area contributed by atoms with Crippen molar-refractivity contribution in [1.82, 2.24) is 5.32 Å². The van der Waals surface area contributed by atoms with Gasteiger partial charge in [-0.2, -0.15) is 0 Å². The number of carbonyl (C=O) groups is 3. The highest BCUT2D eigenvalue weighted by molar-refractivity contribution is 5.89. The van der Waals surface area contributed by atoms with Gasteiger partial charge in [0.05, 0.1) is 12.3 Å². The van der Waals surface area contributed by atoms with E-state index in [4.69, 9.17) is 16.6 Å². The molecule has 1 aliphatic rings. The highest BCUT2D eigenvalue weighted by atomic mass is 16.4. The van der Waals surface area contributed by atoms with E-state index < -0.39 is 30.2 Å². The number of aliphatic carboxylic acids is 1. The maximum Gasteiger partial charge on any atom is 0.326 e. The molecule has 1 saturated carbocycles. The van der Waals surface area contributed by atoms with Crippen LogP contribution in [0.4, 0.5) is 0 Å². The molecule has 96 valence electrons. The van der Waals surface area contributed by atoms with Crippen LogP contribution in [-0.2, 0) is 14.4 Å². The number of nitrogens with two attached hydrogens (primary N) is 2. The predicted octanol–water partition coefficient (Wildman–Crippen LogP) is -1.44. The Morgan fingerprint density at radius 1 is 1.35 bits per heavy atom. The zero-order valence-electron chi connectivity index (χ0n) is 9.39. The van der Waals surface area contributed by atoms with Gasteiger partial charge in [0.1, 0.15) is 6.04 Å². The molecular weight excluding hydrogens is 226 g/mol. The Labute approximate surface area is 98.5 Å². The molecule has 0 bridgehead atoms. The summed E-state index contributed by atoms with van der Waals surface area (Å²) in [5.74, 6) is -2.83. The molecule has 0 aromatic rings. The van der Waals surface area contributed by atoms with Crippen molar-refractivity contribution in [2.75, 3.05) is 0 Å². The summed E-state index contributed by atoms with van der Waals surface area (Å²) in [5, 5.41) is 11.1. The Morgan fingerprint density at radius 2 is 2.00 bits per heavy atom. The second kappa shape index (κ2) is 5.62. The summed E-state index contributed by atoms with van der Waals surface area (Å²) < 4.78 is 0. The third-order valence-corrected chi connectivity index (χ3v) is 2.93. The van der Waals surface area contributed by atoms with Gasteiger partial charge in [-0.1, -0.05) is 6.42 Å². The van der Waals surface area contributed by atoms with Gasteiger partial charge in [0.25, 0.3) is 0 Å². The Morgan fingerprint density at radius 3 is 2.41 bits per heavy atom. The molecule has 1 fully saturated rings. The number of primary amides is 1. The fourth-order valence-corrected chi connectivity index (χ4v) is 1.99. The van der Waals surface area contributed by atoms with Crippen LogP contribution in [0.1, 0.15) is 25.7 Å². The van der Waals surface area contributed by atoms with E-state index in [1.807, 2.05) is 0 Å². The van der Waals surface area contributed by atoms with Crippen LogP contribution in [0, 0.1) is 5.92 Å². The molecule has 2 unspecified atom stereocenters. The number of hydrogen-bond donors (Lipinski definition) is 4. The van der Waals surface area contributed by atoms with Crippen LogP contribution < -0.4 is 16.8 Å². The Hall–Kier alpha value is -1.63. The number of nitrogens with one attached hydrogen (secondary N) is 1. The van der Waals surface area contributed by atoms with Crippen LogP contribution in [0.15, 0.2) is 0 Å². The summed E-state index contributed by atoms with van der Waals surface area (Å²) in [4.78, 5) is 33.2. The van der Waals surface area contributed by atoms with E-state index in [0.717, 1.165) is 12.8 Å². The molecule has 0 saturated heterocycles. The van der Waals surface area contributed by atoms with Crippen LogP contribution in [0.5, 0.6) is 0 Å². The average molecular weight is 243 g/mol. The van der Waals surface area contributed by atoms with Crippen molar-refractivity contribution in [2.24, 2.45) is 17.4 Å². The van der Waals surface area contributed by atoms with E-state index in [-0.39, 0.29) is 12.0 Å². The van der Waals surface area contributed by atoms with Gasteiger partial charge in [-0.25, -0.2) is 4.79 Å². The van der Waals surface area contributed by atoms with Crippen molar-refractivity contribution in [3.8, 4) is 0 Å². The van der Waals surface area contributed by atoms with Crippen LogP contribution in [0.25, 0.3) is 0 Å². The van der Waals surface area contributed by atoms with Gasteiger partial charge in [-0.3, -0.25) is 9.59 Å². The zero-order chi connectivity index (χ0) is 13.0. The first-order valence-corrected chi connectivity index (χ1v) is 5.49. The molecule has 0 spiro atoms. The normalized spacial score (nSPS) is 25.2. The van der Waals surface area contributed by atoms with Gasteiger partial charge in [0.15, 0.2) is 0 Å². The number of carboxylic acid groups (broad SMARTS) is 1. The molecule has 2 amide bonds. The second-order valence-electron chi connectivity index (χ2n) is 4.27. The smallest absolute Gasteiger partial charge is 0.326 e. The van der Waals surface area contributed by atoms with Crippen molar-refractivity contribution in [1.29, 1.82) is 0 Å². The van der Waals surface area contributed by atoms with E-state index in [1.165, 1.54) is 0 Å². The lowest BCUT2D eigenvalue weighted by molar-refractivity contribution is -0.144. The molecule has 1 rings (SSSR count). The molecule has 0 heterocycles. The molecule has 6 N–H and O–H groups in total. The number of rotatable bonds is 5. The second-order valence-corrected chi connectivity index (χ2v) is 4.27. The first-order chi connectivity index (χ1) is 7.91. The summed E-state index contributed by atoms with van der Waals surface area (Å²) in [5.41, 5.74) is 10.6. The first kappa shape index (κ1) is 13.4. The minimum atomic E-state index is -1.27. The standard InChI is InChI=1S/C10H17N3O4/c11-6-3-1-2-5(6)9(15)13-7(10(16)17)4-8(12)14/h5-7H,1-4,11H2,(H2,12,14)(H,13,15)(H,16,17)/t5?,6?,7-/m1/s1. The van der Waals surface area contributed by atoms with Gasteiger partial charge in [0.2, 0.25) is 11.8 Å².